The first-order valence-corrected chi connectivity index (χ1v) is 7.12. The van der Waals surface area contributed by atoms with Crippen LogP contribution in [-0.4, -0.2) is 30.1 Å². The van der Waals surface area contributed by atoms with Crippen LogP contribution in [0.5, 0.6) is 0 Å². The summed E-state index contributed by atoms with van der Waals surface area (Å²) >= 11 is 0. The van der Waals surface area contributed by atoms with Gasteiger partial charge in [0.1, 0.15) is 0 Å². The summed E-state index contributed by atoms with van der Waals surface area (Å²) in [7, 11) is 2.28. The smallest absolute Gasteiger partial charge is 0.0283 e. The Kier molecular flexibility index (Phi) is 3.91. The van der Waals surface area contributed by atoms with E-state index in [0.29, 0.717) is 0 Å². The maximum absolute atomic E-state index is 6.32. The number of rotatable bonds is 4. The maximum Gasteiger partial charge on any atom is 0.0283 e. The lowest BCUT2D eigenvalue weighted by molar-refractivity contribution is 0.102. The number of hydrogen-bond acceptors (Lipinski definition) is 2. The summed E-state index contributed by atoms with van der Waals surface area (Å²) < 4.78 is 0. The van der Waals surface area contributed by atoms with Gasteiger partial charge in [-0.05, 0) is 57.9 Å². The molecule has 0 radical (unpaired) electrons. The number of likely N-dealkylation sites (N-methyl/N-ethyl adjacent to an activating group) is 1. The van der Waals surface area contributed by atoms with Crippen LogP contribution in [0, 0.1) is 5.92 Å². The molecule has 0 aliphatic heterocycles. The van der Waals surface area contributed by atoms with Gasteiger partial charge >= 0.3 is 0 Å². The van der Waals surface area contributed by atoms with Gasteiger partial charge in [0.05, 0.1) is 0 Å². The lowest BCUT2D eigenvalue weighted by atomic mass is 9.76. The molecule has 2 heteroatoms. The van der Waals surface area contributed by atoms with Crippen LogP contribution < -0.4 is 5.73 Å². The Labute approximate surface area is 101 Å². The first-order chi connectivity index (χ1) is 7.63. The van der Waals surface area contributed by atoms with Crippen molar-refractivity contribution in [1.82, 2.24) is 4.90 Å². The van der Waals surface area contributed by atoms with Gasteiger partial charge in [0.2, 0.25) is 0 Å². The lowest BCUT2D eigenvalue weighted by Gasteiger charge is -2.44. The third-order valence-electron chi connectivity index (χ3n) is 4.93. The number of hydrogen-bond donors (Lipinski definition) is 1. The molecule has 0 aromatic carbocycles. The summed E-state index contributed by atoms with van der Waals surface area (Å²) in [5.41, 5.74) is 6.49. The van der Waals surface area contributed by atoms with E-state index in [1.54, 1.807) is 0 Å². The Bertz CT molecular complexity index is 215. The molecule has 2 nitrogen and oxygen atoms in total. The van der Waals surface area contributed by atoms with Gasteiger partial charge in [0.25, 0.3) is 0 Å². The summed E-state index contributed by atoms with van der Waals surface area (Å²) in [6.07, 6.45) is 10.8. The summed E-state index contributed by atoms with van der Waals surface area (Å²) in [4.78, 5) is 2.55. The number of nitrogens with zero attached hydrogens (tertiary/aromatic N) is 1. The van der Waals surface area contributed by atoms with Crippen LogP contribution in [0.25, 0.3) is 0 Å². The summed E-state index contributed by atoms with van der Waals surface area (Å²) in [6.45, 7) is 3.45. The highest BCUT2D eigenvalue weighted by atomic mass is 15.2. The molecule has 94 valence electrons. The van der Waals surface area contributed by atoms with E-state index in [0.717, 1.165) is 18.5 Å². The van der Waals surface area contributed by atoms with E-state index in [4.69, 9.17) is 5.73 Å². The van der Waals surface area contributed by atoms with E-state index in [1.165, 1.54) is 51.4 Å². The first-order valence-electron chi connectivity index (χ1n) is 7.12. The van der Waals surface area contributed by atoms with E-state index in [1.807, 2.05) is 0 Å². The van der Waals surface area contributed by atoms with Crippen molar-refractivity contribution < 1.29 is 0 Å². The molecular weight excluding hydrogens is 196 g/mol. The van der Waals surface area contributed by atoms with Crippen molar-refractivity contribution in [2.75, 3.05) is 13.6 Å². The highest BCUT2D eigenvalue weighted by Gasteiger charge is 2.35. The van der Waals surface area contributed by atoms with Gasteiger partial charge in [0, 0.05) is 18.1 Å². The van der Waals surface area contributed by atoms with Gasteiger partial charge in [0.15, 0.2) is 0 Å². The Morgan fingerprint density at radius 3 is 2.25 bits per heavy atom. The fourth-order valence-corrected chi connectivity index (χ4v) is 3.41. The largest absolute Gasteiger partial charge is 0.324 e. The van der Waals surface area contributed by atoms with Gasteiger partial charge in [-0.3, -0.25) is 0 Å². The average Bonchev–Trinajstić information content (AvgIpc) is 2.27. The highest BCUT2D eigenvalue weighted by molar-refractivity contribution is 4.96. The molecule has 2 N–H and O–H groups in total. The average molecular weight is 224 g/mol. The van der Waals surface area contributed by atoms with Gasteiger partial charge in [-0.25, -0.2) is 0 Å². The molecule has 0 aromatic rings. The molecule has 0 bridgehead atoms. The van der Waals surface area contributed by atoms with E-state index >= 15 is 0 Å². The van der Waals surface area contributed by atoms with Crippen LogP contribution in [-0.2, 0) is 0 Å². The summed E-state index contributed by atoms with van der Waals surface area (Å²) in [5, 5.41) is 0. The SMILES string of the molecule is CCC1CCC(N(C)CC2(N)CCC2)CC1. The summed E-state index contributed by atoms with van der Waals surface area (Å²) in [6, 6.07) is 0.809. The molecule has 2 rings (SSSR count). The Morgan fingerprint density at radius 1 is 1.19 bits per heavy atom. The van der Waals surface area contributed by atoms with Crippen molar-refractivity contribution in [2.24, 2.45) is 11.7 Å². The van der Waals surface area contributed by atoms with Crippen LogP contribution in [0.4, 0.5) is 0 Å². The topological polar surface area (TPSA) is 29.3 Å². The van der Waals surface area contributed by atoms with E-state index < -0.39 is 0 Å². The maximum atomic E-state index is 6.32. The molecule has 16 heavy (non-hydrogen) atoms. The van der Waals surface area contributed by atoms with Crippen molar-refractivity contribution in [3.8, 4) is 0 Å². The molecule has 0 unspecified atom stereocenters. The molecule has 2 aliphatic carbocycles. The predicted octanol–water partition coefficient (Wildman–Crippen LogP) is 2.77. The summed E-state index contributed by atoms with van der Waals surface area (Å²) in [5.74, 6) is 1.00. The predicted molar refractivity (Wildman–Crippen MR) is 69.4 cm³/mol. The Balaban J connectivity index is 1.75. The van der Waals surface area contributed by atoms with E-state index in [9.17, 15) is 0 Å². The third-order valence-corrected chi connectivity index (χ3v) is 4.93. The van der Waals surface area contributed by atoms with Crippen LogP contribution in [0.15, 0.2) is 0 Å². The molecule has 2 saturated carbocycles. The minimum Gasteiger partial charge on any atom is -0.324 e. The molecule has 0 atom stereocenters. The monoisotopic (exact) mass is 224 g/mol. The van der Waals surface area contributed by atoms with E-state index in [2.05, 4.69) is 18.9 Å². The van der Waals surface area contributed by atoms with Gasteiger partial charge in [-0.1, -0.05) is 13.3 Å². The minimum atomic E-state index is 0.163. The molecule has 0 saturated heterocycles. The van der Waals surface area contributed by atoms with Crippen molar-refractivity contribution in [1.29, 1.82) is 0 Å². The molecular formula is C14H28N2. The van der Waals surface area contributed by atoms with Gasteiger partial charge < -0.3 is 10.6 Å². The van der Waals surface area contributed by atoms with Gasteiger partial charge in [-0.2, -0.15) is 0 Å². The Hall–Kier alpha value is -0.0800. The zero-order chi connectivity index (χ0) is 11.6. The fourth-order valence-electron chi connectivity index (χ4n) is 3.41. The van der Waals surface area contributed by atoms with Crippen LogP contribution in [0.2, 0.25) is 0 Å². The van der Waals surface area contributed by atoms with Crippen LogP contribution in [0.1, 0.15) is 58.3 Å². The van der Waals surface area contributed by atoms with Crippen molar-refractivity contribution in [3.63, 3.8) is 0 Å². The second-order valence-corrected chi connectivity index (χ2v) is 6.21. The second kappa shape index (κ2) is 5.05. The van der Waals surface area contributed by atoms with Crippen molar-refractivity contribution >= 4 is 0 Å². The molecule has 2 fully saturated rings. The van der Waals surface area contributed by atoms with Gasteiger partial charge in [-0.15, -0.1) is 0 Å². The first kappa shape index (κ1) is 12.4. The Morgan fingerprint density at radius 2 is 1.81 bits per heavy atom. The lowest BCUT2D eigenvalue weighted by Crippen LogP contribution is -2.56. The zero-order valence-electron chi connectivity index (χ0n) is 11.0. The number of nitrogens with two attached hydrogens (primary N) is 1. The normalized spacial score (nSPS) is 33.8. The second-order valence-electron chi connectivity index (χ2n) is 6.21. The quantitative estimate of drug-likeness (QED) is 0.795. The molecule has 2 aliphatic rings. The van der Waals surface area contributed by atoms with Crippen molar-refractivity contribution in [2.45, 2.75) is 69.9 Å². The molecule has 0 heterocycles. The highest BCUT2D eigenvalue weighted by Crippen LogP contribution is 2.33. The minimum absolute atomic E-state index is 0.163. The molecule has 0 spiro atoms. The van der Waals surface area contributed by atoms with E-state index in [-0.39, 0.29) is 5.54 Å². The zero-order valence-corrected chi connectivity index (χ0v) is 11.0. The fraction of sp³-hybridized carbons (Fsp3) is 1.00. The molecule has 0 aromatic heterocycles. The van der Waals surface area contributed by atoms with Crippen LogP contribution >= 0.6 is 0 Å². The molecule has 0 amide bonds. The van der Waals surface area contributed by atoms with Crippen LogP contribution in [0.3, 0.4) is 0 Å². The standard InChI is InChI=1S/C14H28N2/c1-3-12-5-7-13(8-6-12)16(2)11-14(15)9-4-10-14/h12-13H,3-11,15H2,1-2H3. The third kappa shape index (κ3) is 2.78. The van der Waals surface area contributed by atoms with Crippen molar-refractivity contribution in [3.05, 3.63) is 0 Å².